The van der Waals surface area contributed by atoms with Gasteiger partial charge in [-0.05, 0) is 42.0 Å². The quantitative estimate of drug-likeness (QED) is 0.475. The third kappa shape index (κ3) is 3.46. The van der Waals surface area contributed by atoms with Gasteiger partial charge in [-0.3, -0.25) is 4.79 Å². The molecule has 5 aromatic rings. The Labute approximate surface area is 172 Å². The summed E-state index contributed by atoms with van der Waals surface area (Å²) in [5, 5.41) is 8.22. The second-order valence-electron chi connectivity index (χ2n) is 6.89. The number of furan rings is 1. The van der Waals surface area contributed by atoms with E-state index in [1.165, 1.54) is 6.33 Å². The molecule has 0 radical (unpaired) electrons. The van der Waals surface area contributed by atoms with Crippen molar-refractivity contribution >= 4 is 16.9 Å². The van der Waals surface area contributed by atoms with Crippen LogP contribution in [0.2, 0.25) is 0 Å². The van der Waals surface area contributed by atoms with Gasteiger partial charge in [0.05, 0.1) is 5.69 Å². The van der Waals surface area contributed by atoms with E-state index < -0.39 is 6.04 Å². The van der Waals surface area contributed by atoms with Gasteiger partial charge in [-0.25, -0.2) is 9.67 Å². The van der Waals surface area contributed by atoms with Gasteiger partial charge in [-0.2, -0.15) is 5.10 Å². The van der Waals surface area contributed by atoms with Crippen LogP contribution in [0.1, 0.15) is 27.7 Å². The number of para-hydroxylation sites is 1. The van der Waals surface area contributed by atoms with Crippen LogP contribution in [0.25, 0.3) is 16.7 Å². The minimum atomic E-state index is -0.402. The Balaban J connectivity index is 1.45. The number of benzene rings is 3. The van der Waals surface area contributed by atoms with E-state index in [-0.39, 0.29) is 5.91 Å². The Morgan fingerprint density at radius 2 is 1.70 bits per heavy atom. The first-order valence-electron chi connectivity index (χ1n) is 9.57. The van der Waals surface area contributed by atoms with Crippen LogP contribution in [-0.4, -0.2) is 20.7 Å². The molecule has 0 spiro atoms. The van der Waals surface area contributed by atoms with E-state index in [2.05, 4.69) is 15.4 Å². The highest BCUT2D eigenvalue weighted by Gasteiger charge is 2.21. The van der Waals surface area contributed by atoms with Crippen LogP contribution in [0.3, 0.4) is 0 Å². The highest BCUT2D eigenvalue weighted by Crippen LogP contribution is 2.28. The van der Waals surface area contributed by atoms with Crippen molar-refractivity contribution in [2.45, 2.75) is 6.04 Å². The minimum absolute atomic E-state index is 0.186. The number of fused-ring (bicyclic) bond motifs is 1. The molecule has 0 saturated carbocycles. The summed E-state index contributed by atoms with van der Waals surface area (Å²) < 4.78 is 7.70. The molecule has 1 amide bonds. The molecule has 30 heavy (non-hydrogen) atoms. The van der Waals surface area contributed by atoms with Gasteiger partial charge in [0.2, 0.25) is 0 Å². The van der Waals surface area contributed by atoms with Gasteiger partial charge in [-0.1, -0.05) is 48.5 Å². The zero-order chi connectivity index (χ0) is 20.3. The number of rotatable bonds is 5. The van der Waals surface area contributed by atoms with Gasteiger partial charge in [0, 0.05) is 10.9 Å². The predicted octanol–water partition coefficient (Wildman–Crippen LogP) is 4.53. The molecule has 6 heteroatoms. The van der Waals surface area contributed by atoms with Crippen molar-refractivity contribution in [3.05, 3.63) is 114 Å². The van der Waals surface area contributed by atoms with Crippen LogP contribution in [-0.2, 0) is 0 Å². The van der Waals surface area contributed by atoms with Crippen molar-refractivity contribution in [2.24, 2.45) is 0 Å². The molecule has 0 aliphatic carbocycles. The van der Waals surface area contributed by atoms with E-state index >= 15 is 0 Å². The Kier molecular flexibility index (Phi) is 4.57. The molecule has 3 aromatic carbocycles. The molecule has 0 fully saturated rings. The Hall–Kier alpha value is -4.19. The van der Waals surface area contributed by atoms with E-state index in [0.717, 1.165) is 22.2 Å². The van der Waals surface area contributed by atoms with E-state index in [4.69, 9.17) is 4.42 Å². The van der Waals surface area contributed by atoms with Gasteiger partial charge in [0.1, 0.15) is 30.0 Å². The maximum atomic E-state index is 13.0. The molecule has 0 aliphatic rings. The van der Waals surface area contributed by atoms with E-state index in [1.807, 2.05) is 72.8 Å². The number of hydrogen-bond donors (Lipinski definition) is 1. The lowest BCUT2D eigenvalue weighted by atomic mass is 10.0. The summed E-state index contributed by atoms with van der Waals surface area (Å²) in [4.78, 5) is 17.0. The first kappa shape index (κ1) is 17.9. The summed E-state index contributed by atoms with van der Waals surface area (Å²) in [5.41, 5.74) is 3.13. The van der Waals surface area contributed by atoms with Crippen LogP contribution in [0.5, 0.6) is 0 Å². The summed E-state index contributed by atoms with van der Waals surface area (Å²) in [6, 6.07) is 26.4. The molecular formula is C24H18N4O2. The summed E-state index contributed by atoms with van der Waals surface area (Å²) in [6.07, 6.45) is 3.08. The number of amides is 1. The predicted molar refractivity (Wildman–Crippen MR) is 113 cm³/mol. The van der Waals surface area contributed by atoms with Gasteiger partial charge < -0.3 is 9.73 Å². The SMILES string of the molecule is O=C(NC(c1ccccc1)c1cc2ccccc2o1)c1ccc(-n2cncn2)cc1. The lowest BCUT2D eigenvalue weighted by molar-refractivity contribution is 0.0939. The van der Waals surface area contributed by atoms with Crippen LogP contribution in [0.15, 0.2) is 102 Å². The van der Waals surface area contributed by atoms with Gasteiger partial charge in [0.15, 0.2) is 0 Å². The topological polar surface area (TPSA) is 73.0 Å². The van der Waals surface area contributed by atoms with Crippen molar-refractivity contribution in [1.29, 1.82) is 0 Å². The second-order valence-corrected chi connectivity index (χ2v) is 6.89. The molecule has 5 rings (SSSR count). The van der Waals surface area contributed by atoms with Gasteiger partial charge in [-0.15, -0.1) is 0 Å². The average Bonchev–Trinajstić information content (AvgIpc) is 3.48. The maximum Gasteiger partial charge on any atom is 0.252 e. The molecule has 0 saturated heterocycles. The molecule has 0 bridgehead atoms. The van der Waals surface area contributed by atoms with Crippen molar-refractivity contribution in [3.63, 3.8) is 0 Å². The minimum Gasteiger partial charge on any atom is -0.459 e. The molecule has 1 unspecified atom stereocenters. The third-order valence-electron chi connectivity index (χ3n) is 4.95. The molecule has 6 nitrogen and oxygen atoms in total. The van der Waals surface area contributed by atoms with Crippen LogP contribution >= 0.6 is 0 Å². The fourth-order valence-corrected chi connectivity index (χ4v) is 3.43. The van der Waals surface area contributed by atoms with Crippen molar-refractivity contribution in [3.8, 4) is 5.69 Å². The molecule has 1 atom stereocenters. The van der Waals surface area contributed by atoms with E-state index in [1.54, 1.807) is 23.1 Å². The molecule has 146 valence electrons. The standard InChI is InChI=1S/C24H18N4O2/c29-24(18-10-12-20(13-11-18)28-16-25-15-26-28)27-23(17-6-2-1-3-7-17)22-14-19-8-4-5-9-21(19)30-22/h1-16,23H,(H,27,29). The van der Waals surface area contributed by atoms with Gasteiger partial charge in [0.25, 0.3) is 5.91 Å². The lowest BCUT2D eigenvalue weighted by Crippen LogP contribution is -2.29. The number of nitrogens with one attached hydrogen (secondary N) is 1. The largest absolute Gasteiger partial charge is 0.459 e. The highest BCUT2D eigenvalue weighted by molar-refractivity contribution is 5.95. The molecule has 0 aliphatic heterocycles. The van der Waals surface area contributed by atoms with Crippen molar-refractivity contribution < 1.29 is 9.21 Å². The maximum absolute atomic E-state index is 13.0. The van der Waals surface area contributed by atoms with E-state index in [9.17, 15) is 4.79 Å². The summed E-state index contributed by atoms with van der Waals surface area (Å²) in [5.74, 6) is 0.504. The zero-order valence-electron chi connectivity index (χ0n) is 16.0. The van der Waals surface area contributed by atoms with Crippen LogP contribution in [0.4, 0.5) is 0 Å². The summed E-state index contributed by atoms with van der Waals surface area (Å²) >= 11 is 0. The first-order chi connectivity index (χ1) is 14.8. The smallest absolute Gasteiger partial charge is 0.252 e. The molecule has 1 N–H and O–H groups in total. The van der Waals surface area contributed by atoms with Crippen molar-refractivity contribution in [2.75, 3.05) is 0 Å². The average molecular weight is 394 g/mol. The van der Waals surface area contributed by atoms with Crippen LogP contribution in [0, 0.1) is 0 Å². The normalized spacial score (nSPS) is 12.0. The Morgan fingerprint density at radius 1 is 0.933 bits per heavy atom. The Bertz CT molecular complexity index is 1240. The van der Waals surface area contributed by atoms with Gasteiger partial charge >= 0.3 is 0 Å². The molecule has 2 aromatic heterocycles. The number of nitrogens with zero attached hydrogens (tertiary/aromatic N) is 3. The number of carbonyl (C=O) groups excluding carboxylic acids is 1. The number of carbonyl (C=O) groups is 1. The third-order valence-corrected chi connectivity index (χ3v) is 4.95. The summed E-state index contributed by atoms with van der Waals surface area (Å²) in [6.45, 7) is 0. The monoisotopic (exact) mass is 394 g/mol. The number of hydrogen-bond acceptors (Lipinski definition) is 4. The summed E-state index contributed by atoms with van der Waals surface area (Å²) in [7, 11) is 0. The van der Waals surface area contributed by atoms with Crippen LogP contribution < -0.4 is 5.32 Å². The number of aromatic nitrogens is 3. The molecule has 2 heterocycles. The zero-order valence-corrected chi connectivity index (χ0v) is 16.0. The first-order valence-corrected chi connectivity index (χ1v) is 9.57. The molecular weight excluding hydrogens is 376 g/mol. The van der Waals surface area contributed by atoms with Crippen molar-refractivity contribution in [1.82, 2.24) is 20.1 Å². The Morgan fingerprint density at radius 3 is 2.43 bits per heavy atom. The lowest BCUT2D eigenvalue weighted by Gasteiger charge is -2.17. The second kappa shape index (κ2) is 7.67. The highest BCUT2D eigenvalue weighted by atomic mass is 16.3. The van der Waals surface area contributed by atoms with E-state index in [0.29, 0.717) is 11.3 Å². The fraction of sp³-hybridized carbons (Fsp3) is 0.0417. The fourth-order valence-electron chi connectivity index (χ4n) is 3.43.